The highest BCUT2D eigenvalue weighted by atomic mass is 32.1. The summed E-state index contributed by atoms with van der Waals surface area (Å²) in [7, 11) is 1.89. The molecule has 0 bridgehead atoms. The van der Waals surface area contributed by atoms with Crippen molar-refractivity contribution >= 4 is 17.3 Å². The van der Waals surface area contributed by atoms with Gasteiger partial charge in [-0.1, -0.05) is 6.42 Å². The largest absolute Gasteiger partial charge is 0.378 e. The highest BCUT2D eigenvalue weighted by molar-refractivity contribution is 7.09. The van der Waals surface area contributed by atoms with E-state index in [1.54, 1.807) is 11.3 Å². The summed E-state index contributed by atoms with van der Waals surface area (Å²) in [5.74, 6) is 1.69. The highest BCUT2D eigenvalue weighted by Gasteiger charge is 2.59. The van der Waals surface area contributed by atoms with Crippen LogP contribution in [0.1, 0.15) is 56.2 Å². The number of aryl methyl sites for hydroxylation is 1. The Morgan fingerprint density at radius 1 is 1.38 bits per heavy atom. The molecule has 4 rings (SSSR count). The zero-order chi connectivity index (χ0) is 20.3. The average molecular weight is 420 g/mol. The number of hydrogen-bond donors (Lipinski definition) is 2. The topological polar surface area (TPSA) is 61.8 Å². The molecule has 3 aliphatic rings. The van der Waals surface area contributed by atoms with Crippen LogP contribution in [0.15, 0.2) is 10.4 Å². The molecule has 1 spiro atoms. The van der Waals surface area contributed by atoms with Gasteiger partial charge in [0.15, 0.2) is 5.96 Å². The number of aliphatic imine (C=N–C) groups is 1. The fourth-order valence-electron chi connectivity index (χ4n) is 5.30. The number of ether oxygens (including phenoxy) is 1. The first kappa shape index (κ1) is 21.1. The van der Waals surface area contributed by atoms with E-state index in [0.29, 0.717) is 17.6 Å². The van der Waals surface area contributed by atoms with Gasteiger partial charge in [-0.2, -0.15) is 0 Å². The van der Waals surface area contributed by atoms with Gasteiger partial charge in [0.05, 0.1) is 16.8 Å². The molecule has 162 valence electrons. The van der Waals surface area contributed by atoms with Crippen LogP contribution in [0, 0.1) is 18.3 Å². The van der Waals surface area contributed by atoms with E-state index in [1.165, 1.54) is 42.8 Å². The van der Waals surface area contributed by atoms with E-state index in [2.05, 4.69) is 44.7 Å². The molecule has 2 unspecified atom stereocenters. The number of likely N-dealkylation sites (tertiary alicyclic amines) is 1. The lowest BCUT2D eigenvalue weighted by molar-refractivity contribution is -0.168. The van der Waals surface area contributed by atoms with Gasteiger partial charge in [0.2, 0.25) is 0 Å². The van der Waals surface area contributed by atoms with Gasteiger partial charge in [-0.15, -0.1) is 11.3 Å². The normalized spacial score (nSPS) is 27.5. The summed E-state index contributed by atoms with van der Waals surface area (Å²) in [4.78, 5) is 11.6. The van der Waals surface area contributed by atoms with Crippen molar-refractivity contribution in [1.29, 1.82) is 0 Å². The summed E-state index contributed by atoms with van der Waals surface area (Å²) in [6, 6.07) is 0.516. The molecule has 2 atom stereocenters. The van der Waals surface area contributed by atoms with Crippen LogP contribution in [0.2, 0.25) is 0 Å². The van der Waals surface area contributed by atoms with E-state index in [0.717, 1.165) is 51.1 Å². The SMILES string of the molecule is CCOC1CC(NC(=NC)NCC2CCN(Cc3csc(C)n3)CC2)C12CCC2. The number of nitrogens with zero attached hydrogens (tertiary/aromatic N) is 3. The maximum atomic E-state index is 5.98. The fraction of sp³-hybridized carbons (Fsp3) is 0.818. The van der Waals surface area contributed by atoms with Crippen LogP contribution in [-0.2, 0) is 11.3 Å². The first-order valence-corrected chi connectivity index (χ1v) is 12.2. The minimum atomic E-state index is 0.368. The van der Waals surface area contributed by atoms with E-state index in [1.807, 2.05) is 7.05 Å². The first-order chi connectivity index (χ1) is 14.1. The number of guanidine groups is 1. The molecular weight excluding hydrogens is 382 g/mol. The van der Waals surface area contributed by atoms with Crippen molar-refractivity contribution in [2.75, 3.05) is 33.3 Å². The van der Waals surface area contributed by atoms with E-state index < -0.39 is 0 Å². The van der Waals surface area contributed by atoms with E-state index in [-0.39, 0.29) is 0 Å². The Balaban J connectivity index is 1.18. The van der Waals surface area contributed by atoms with Crippen molar-refractivity contribution in [3.8, 4) is 0 Å². The Morgan fingerprint density at radius 3 is 2.76 bits per heavy atom. The third-order valence-corrected chi connectivity index (χ3v) is 8.11. The second-order valence-electron chi connectivity index (χ2n) is 8.99. The zero-order valence-corrected chi connectivity index (χ0v) is 19.1. The number of thiazole rings is 1. The molecule has 0 radical (unpaired) electrons. The highest BCUT2D eigenvalue weighted by Crippen LogP contribution is 2.57. The Morgan fingerprint density at radius 2 is 2.17 bits per heavy atom. The molecule has 2 N–H and O–H groups in total. The maximum Gasteiger partial charge on any atom is 0.191 e. The first-order valence-electron chi connectivity index (χ1n) is 11.3. The van der Waals surface area contributed by atoms with Crippen molar-refractivity contribution < 1.29 is 4.74 Å². The molecule has 0 aromatic carbocycles. The molecule has 1 saturated heterocycles. The van der Waals surface area contributed by atoms with Gasteiger partial charge < -0.3 is 15.4 Å². The van der Waals surface area contributed by atoms with Gasteiger partial charge in [-0.25, -0.2) is 4.98 Å². The van der Waals surface area contributed by atoms with Crippen molar-refractivity contribution in [1.82, 2.24) is 20.5 Å². The molecule has 7 heteroatoms. The van der Waals surface area contributed by atoms with Crippen molar-refractivity contribution in [2.45, 2.75) is 71.1 Å². The Kier molecular flexibility index (Phi) is 6.76. The Bertz CT molecular complexity index is 693. The number of nitrogens with one attached hydrogen (secondary N) is 2. The summed E-state index contributed by atoms with van der Waals surface area (Å²) in [6.45, 7) is 9.36. The number of aromatic nitrogens is 1. The van der Waals surface area contributed by atoms with Crippen LogP contribution in [0.4, 0.5) is 0 Å². The molecule has 2 heterocycles. The Labute approximate surface area is 179 Å². The molecule has 1 aromatic rings. The van der Waals surface area contributed by atoms with Crippen molar-refractivity contribution in [3.05, 3.63) is 16.1 Å². The third-order valence-electron chi connectivity index (χ3n) is 7.29. The molecule has 2 aliphatic carbocycles. The fourth-order valence-corrected chi connectivity index (χ4v) is 5.90. The lowest BCUT2D eigenvalue weighted by Gasteiger charge is -2.61. The second-order valence-corrected chi connectivity index (χ2v) is 10.1. The van der Waals surface area contributed by atoms with Crippen LogP contribution in [0.5, 0.6) is 0 Å². The van der Waals surface area contributed by atoms with Crippen LogP contribution in [0.3, 0.4) is 0 Å². The predicted octanol–water partition coefficient (Wildman–Crippen LogP) is 3.18. The lowest BCUT2D eigenvalue weighted by atomic mass is 9.51. The van der Waals surface area contributed by atoms with Crippen molar-refractivity contribution in [3.63, 3.8) is 0 Å². The van der Waals surface area contributed by atoms with E-state index in [9.17, 15) is 0 Å². The van der Waals surface area contributed by atoms with Crippen LogP contribution in [0.25, 0.3) is 0 Å². The molecule has 2 saturated carbocycles. The monoisotopic (exact) mass is 419 g/mol. The Hall–Kier alpha value is -1.18. The van der Waals surface area contributed by atoms with E-state index in [4.69, 9.17) is 4.74 Å². The maximum absolute atomic E-state index is 5.98. The van der Waals surface area contributed by atoms with Gasteiger partial charge in [0, 0.05) is 43.6 Å². The molecule has 29 heavy (non-hydrogen) atoms. The molecule has 1 aromatic heterocycles. The zero-order valence-electron chi connectivity index (χ0n) is 18.2. The summed E-state index contributed by atoms with van der Waals surface area (Å²) in [5.41, 5.74) is 1.59. The average Bonchev–Trinajstić information content (AvgIpc) is 3.08. The van der Waals surface area contributed by atoms with Gasteiger partial charge >= 0.3 is 0 Å². The quantitative estimate of drug-likeness (QED) is 0.525. The summed E-state index contributed by atoms with van der Waals surface area (Å²) < 4.78 is 5.98. The van der Waals surface area contributed by atoms with Gasteiger partial charge in [0.25, 0.3) is 0 Å². The van der Waals surface area contributed by atoms with Crippen LogP contribution in [-0.4, -0.2) is 61.3 Å². The molecule has 0 amide bonds. The summed E-state index contributed by atoms with van der Waals surface area (Å²) in [5, 5.41) is 10.7. The second kappa shape index (κ2) is 9.31. The third kappa shape index (κ3) is 4.62. The number of piperidine rings is 1. The molecule has 6 nitrogen and oxygen atoms in total. The van der Waals surface area contributed by atoms with Gasteiger partial charge in [0.1, 0.15) is 0 Å². The van der Waals surface area contributed by atoms with Gasteiger partial charge in [-0.05, 0) is 65.0 Å². The number of rotatable bonds is 7. The summed E-state index contributed by atoms with van der Waals surface area (Å²) in [6.07, 6.45) is 7.98. The van der Waals surface area contributed by atoms with Crippen LogP contribution >= 0.6 is 11.3 Å². The molecule has 3 fully saturated rings. The molecular formula is C22H37N5OS. The summed E-state index contributed by atoms with van der Waals surface area (Å²) >= 11 is 1.75. The molecule has 1 aliphatic heterocycles. The van der Waals surface area contributed by atoms with Crippen molar-refractivity contribution in [2.24, 2.45) is 16.3 Å². The predicted molar refractivity (Wildman–Crippen MR) is 119 cm³/mol. The minimum absolute atomic E-state index is 0.368. The van der Waals surface area contributed by atoms with E-state index >= 15 is 0 Å². The van der Waals surface area contributed by atoms with Gasteiger partial charge in [-0.3, -0.25) is 9.89 Å². The standard InChI is InChI=1S/C22H37N5OS/c1-4-28-20-12-19(22(20)8-5-9-22)26-21(23-3)24-13-17-6-10-27(11-7-17)14-18-15-29-16(2)25-18/h15,17,19-20H,4-14H2,1-3H3,(H2,23,24,26). The lowest BCUT2D eigenvalue weighted by Crippen LogP contribution is -2.68. The smallest absolute Gasteiger partial charge is 0.191 e. The van der Waals surface area contributed by atoms with Crippen LogP contribution < -0.4 is 10.6 Å². The number of hydrogen-bond acceptors (Lipinski definition) is 5. The minimum Gasteiger partial charge on any atom is -0.378 e.